The molecule has 0 unspecified atom stereocenters. The Kier molecular flexibility index (Phi) is 5.08. The smallest absolute Gasteiger partial charge is 0.508 e. The van der Waals surface area contributed by atoms with Crippen molar-refractivity contribution in [1.29, 1.82) is 0 Å². The van der Waals surface area contributed by atoms with Crippen LogP contribution in [-0.2, 0) is 17.4 Å². The fourth-order valence-electron chi connectivity index (χ4n) is 2.12. The predicted molar refractivity (Wildman–Crippen MR) is 80.9 cm³/mol. The Morgan fingerprint density at radius 2 is 1.55 bits per heavy atom. The maximum atomic E-state index is 11.0. The predicted octanol–water partition coefficient (Wildman–Crippen LogP) is 2.74. The highest BCUT2D eigenvalue weighted by Gasteiger charge is 2.18. The third-order valence-electron chi connectivity index (χ3n) is 3.11. The largest absolute Gasteiger partial charge is 0.524 e. The van der Waals surface area contributed by atoms with Gasteiger partial charge >= 0.3 is 7.82 Å². The zero-order valence-corrected chi connectivity index (χ0v) is 12.6. The molecule has 0 heterocycles. The first-order valence-corrected chi connectivity index (χ1v) is 8.21. The van der Waals surface area contributed by atoms with Gasteiger partial charge in [-0.3, -0.25) is 9.79 Å². The van der Waals surface area contributed by atoms with Crippen molar-refractivity contribution in [2.75, 3.05) is 0 Å². The number of phenols is 2. The number of hydrogen-bond donors (Lipinski definition) is 4. The zero-order chi connectivity index (χ0) is 16.2. The standard InChI is InChI=1S/C15H17O6P/c16-13-6-4-11(5-7-13)2-1-3-12-10-14(17)8-9-15(12)21-22(18,19)20/h4-10,16-17H,1-3H2,(H2,18,19,20). The van der Waals surface area contributed by atoms with Gasteiger partial charge in [0.25, 0.3) is 0 Å². The summed E-state index contributed by atoms with van der Waals surface area (Å²) in [6.45, 7) is 0. The fraction of sp³-hybridized carbons (Fsp3) is 0.200. The first kappa shape index (κ1) is 16.4. The number of rotatable bonds is 6. The van der Waals surface area contributed by atoms with Crippen molar-refractivity contribution in [3.63, 3.8) is 0 Å². The molecule has 0 fully saturated rings. The molecule has 0 amide bonds. The molecular formula is C15H17O6P. The van der Waals surface area contributed by atoms with Crippen LogP contribution in [0.1, 0.15) is 17.5 Å². The number of phosphoric acid groups is 1. The van der Waals surface area contributed by atoms with Gasteiger partial charge in [-0.2, -0.15) is 0 Å². The third kappa shape index (κ3) is 5.07. The van der Waals surface area contributed by atoms with Gasteiger partial charge in [0.2, 0.25) is 0 Å². The van der Waals surface area contributed by atoms with E-state index in [0.29, 0.717) is 18.4 Å². The Balaban J connectivity index is 2.03. The number of hydrogen-bond acceptors (Lipinski definition) is 4. The Hall–Kier alpha value is -2.01. The van der Waals surface area contributed by atoms with Gasteiger partial charge in [0, 0.05) is 0 Å². The normalized spacial score (nSPS) is 11.4. The number of aryl methyl sites for hydroxylation is 2. The summed E-state index contributed by atoms with van der Waals surface area (Å²) in [5, 5.41) is 18.7. The Labute approximate surface area is 127 Å². The highest BCUT2D eigenvalue weighted by molar-refractivity contribution is 7.46. The molecule has 0 aliphatic carbocycles. The Morgan fingerprint density at radius 3 is 2.18 bits per heavy atom. The van der Waals surface area contributed by atoms with Crippen LogP contribution in [0.3, 0.4) is 0 Å². The van der Waals surface area contributed by atoms with Crippen molar-refractivity contribution in [2.24, 2.45) is 0 Å². The lowest BCUT2D eigenvalue weighted by Gasteiger charge is -2.12. The molecule has 0 atom stereocenters. The summed E-state index contributed by atoms with van der Waals surface area (Å²) >= 11 is 0. The number of phenolic OH excluding ortho intramolecular Hbond substituents is 2. The number of benzene rings is 2. The Bertz CT molecular complexity index is 677. The van der Waals surface area contributed by atoms with Gasteiger partial charge < -0.3 is 14.7 Å². The SMILES string of the molecule is O=P(O)(O)Oc1ccc(O)cc1CCCc1ccc(O)cc1. The fourth-order valence-corrected chi connectivity index (χ4v) is 2.56. The molecule has 118 valence electrons. The molecule has 0 saturated carbocycles. The summed E-state index contributed by atoms with van der Waals surface area (Å²) in [5.74, 6) is 0.281. The second-order valence-corrected chi connectivity index (χ2v) is 6.06. The molecule has 0 aromatic heterocycles. The summed E-state index contributed by atoms with van der Waals surface area (Å²) in [7, 11) is -4.63. The van der Waals surface area contributed by atoms with Crippen LogP contribution in [-0.4, -0.2) is 20.0 Å². The molecule has 0 bridgehead atoms. The van der Waals surface area contributed by atoms with E-state index in [1.54, 1.807) is 12.1 Å². The van der Waals surface area contributed by atoms with Crippen molar-refractivity contribution >= 4 is 7.82 Å². The van der Waals surface area contributed by atoms with Crippen molar-refractivity contribution in [2.45, 2.75) is 19.3 Å². The number of phosphoric ester groups is 1. The minimum absolute atomic E-state index is 0.0118. The van der Waals surface area contributed by atoms with Crippen molar-refractivity contribution in [3.05, 3.63) is 53.6 Å². The summed E-state index contributed by atoms with van der Waals surface area (Å²) in [4.78, 5) is 17.8. The molecule has 0 saturated heterocycles. The second kappa shape index (κ2) is 6.83. The molecule has 2 aromatic carbocycles. The first-order chi connectivity index (χ1) is 10.3. The van der Waals surface area contributed by atoms with E-state index in [2.05, 4.69) is 4.52 Å². The minimum atomic E-state index is -4.63. The topological polar surface area (TPSA) is 107 Å². The lowest BCUT2D eigenvalue weighted by atomic mass is 10.0. The lowest BCUT2D eigenvalue weighted by molar-refractivity contribution is 0.282. The van der Waals surface area contributed by atoms with Gasteiger partial charge in [-0.25, -0.2) is 4.57 Å². The van der Waals surface area contributed by atoms with Gasteiger partial charge in [0.1, 0.15) is 17.2 Å². The van der Waals surface area contributed by atoms with Gasteiger partial charge in [-0.05, 0) is 60.7 Å². The second-order valence-electron chi connectivity index (χ2n) is 4.89. The monoisotopic (exact) mass is 324 g/mol. The van der Waals surface area contributed by atoms with Crippen molar-refractivity contribution in [1.82, 2.24) is 0 Å². The maximum Gasteiger partial charge on any atom is 0.524 e. The highest BCUT2D eigenvalue weighted by Crippen LogP contribution is 2.40. The zero-order valence-electron chi connectivity index (χ0n) is 11.7. The van der Waals surface area contributed by atoms with Crippen LogP contribution in [0.4, 0.5) is 0 Å². The van der Waals surface area contributed by atoms with Gasteiger partial charge in [-0.1, -0.05) is 12.1 Å². The third-order valence-corrected chi connectivity index (χ3v) is 3.54. The average Bonchev–Trinajstić information content (AvgIpc) is 2.42. The van der Waals surface area contributed by atoms with Gasteiger partial charge in [0.05, 0.1) is 0 Å². The van der Waals surface area contributed by atoms with Crippen LogP contribution in [0.5, 0.6) is 17.2 Å². The molecule has 0 radical (unpaired) electrons. The molecule has 7 heteroatoms. The van der Waals surface area contributed by atoms with Gasteiger partial charge in [-0.15, -0.1) is 0 Å². The quantitative estimate of drug-likeness (QED) is 0.609. The van der Waals surface area contributed by atoms with E-state index in [1.165, 1.54) is 18.2 Å². The van der Waals surface area contributed by atoms with Crippen LogP contribution in [0, 0.1) is 0 Å². The van der Waals surface area contributed by atoms with Crippen molar-refractivity contribution in [3.8, 4) is 17.2 Å². The van der Waals surface area contributed by atoms with E-state index in [4.69, 9.17) is 9.79 Å². The van der Waals surface area contributed by atoms with Gasteiger partial charge in [0.15, 0.2) is 0 Å². The maximum absolute atomic E-state index is 11.0. The van der Waals surface area contributed by atoms with Crippen LogP contribution < -0.4 is 4.52 Å². The highest BCUT2D eigenvalue weighted by atomic mass is 31.2. The number of aromatic hydroxyl groups is 2. The first-order valence-electron chi connectivity index (χ1n) is 6.68. The van der Waals surface area contributed by atoms with E-state index >= 15 is 0 Å². The van der Waals surface area contributed by atoms with E-state index < -0.39 is 7.82 Å². The van der Waals surface area contributed by atoms with Crippen LogP contribution in [0.2, 0.25) is 0 Å². The molecule has 0 aliphatic heterocycles. The molecule has 22 heavy (non-hydrogen) atoms. The van der Waals surface area contributed by atoms with E-state index in [0.717, 1.165) is 12.0 Å². The summed E-state index contributed by atoms with van der Waals surface area (Å²) in [6, 6.07) is 10.9. The van der Waals surface area contributed by atoms with E-state index in [9.17, 15) is 14.8 Å². The molecule has 4 N–H and O–H groups in total. The summed E-state index contributed by atoms with van der Waals surface area (Å²) < 4.78 is 15.6. The molecular weight excluding hydrogens is 307 g/mol. The summed E-state index contributed by atoms with van der Waals surface area (Å²) in [5.41, 5.74) is 1.57. The molecule has 0 aliphatic rings. The van der Waals surface area contributed by atoms with Crippen LogP contribution in [0.15, 0.2) is 42.5 Å². The molecule has 2 aromatic rings. The Morgan fingerprint density at radius 1 is 0.909 bits per heavy atom. The van der Waals surface area contributed by atoms with Crippen LogP contribution in [0.25, 0.3) is 0 Å². The molecule has 0 spiro atoms. The minimum Gasteiger partial charge on any atom is -0.508 e. The van der Waals surface area contributed by atoms with E-state index in [1.807, 2.05) is 12.1 Å². The molecule has 2 rings (SSSR count). The van der Waals surface area contributed by atoms with Crippen LogP contribution >= 0.6 is 7.82 Å². The van der Waals surface area contributed by atoms with E-state index in [-0.39, 0.29) is 17.2 Å². The lowest BCUT2D eigenvalue weighted by Crippen LogP contribution is -1.97. The summed E-state index contributed by atoms with van der Waals surface area (Å²) in [6.07, 6.45) is 1.92. The molecule has 6 nitrogen and oxygen atoms in total. The average molecular weight is 324 g/mol. The van der Waals surface area contributed by atoms with Crippen molar-refractivity contribution < 1.29 is 29.1 Å².